The zero-order chi connectivity index (χ0) is 11.3. The lowest BCUT2D eigenvalue weighted by Gasteiger charge is -2.13. The summed E-state index contributed by atoms with van der Waals surface area (Å²) in [7, 11) is 0. The first-order chi connectivity index (χ1) is 7.13. The van der Waals surface area contributed by atoms with Gasteiger partial charge in [0.25, 0.3) is 0 Å². The number of halogens is 2. The second-order valence-corrected chi connectivity index (χ2v) is 4.51. The number of pyridine rings is 1. The number of rotatable bonds is 5. The zero-order valence-electron chi connectivity index (χ0n) is 8.76. The van der Waals surface area contributed by atoms with E-state index < -0.39 is 11.6 Å². The Kier molecular flexibility index (Phi) is 4.81. The molecular weight excluding hydrogens is 218 g/mol. The predicted molar refractivity (Wildman–Crippen MR) is 60.2 cm³/mol. The molecule has 1 rings (SSSR count). The van der Waals surface area contributed by atoms with Crippen molar-refractivity contribution < 1.29 is 8.78 Å². The quantitative estimate of drug-likeness (QED) is 0.845. The van der Waals surface area contributed by atoms with Crippen LogP contribution in [0.4, 0.5) is 14.6 Å². The van der Waals surface area contributed by atoms with Crippen LogP contribution >= 0.6 is 11.8 Å². The van der Waals surface area contributed by atoms with Crippen molar-refractivity contribution in [2.75, 3.05) is 16.8 Å². The molecule has 1 aromatic heterocycles. The van der Waals surface area contributed by atoms with Crippen molar-refractivity contribution in [2.45, 2.75) is 19.9 Å². The normalized spacial score (nSPS) is 12.5. The monoisotopic (exact) mass is 232 g/mol. The molecule has 0 aromatic carbocycles. The lowest BCUT2D eigenvalue weighted by Crippen LogP contribution is -2.19. The molecule has 0 amide bonds. The summed E-state index contributed by atoms with van der Waals surface area (Å²) in [6.07, 6.45) is 1.01. The van der Waals surface area contributed by atoms with Crippen LogP contribution in [0, 0.1) is 11.6 Å². The predicted octanol–water partition coefficient (Wildman–Crippen LogP) is 2.91. The molecule has 15 heavy (non-hydrogen) atoms. The molecule has 1 atom stereocenters. The van der Waals surface area contributed by atoms with Crippen LogP contribution in [0.25, 0.3) is 0 Å². The highest BCUT2D eigenvalue weighted by Crippen LogP contribution is 2.13. The average Bonchev–Trinajstić information content (AvgIpc) is 2.19. The first-order valence-corrected chi connectivity index (χ1v) is 5.94. The van der Waals surface area contributed by atoms with Gasteiger partial charge >= 0.3 is 0 Å². The Bertz CT molecular complexity index is 320. The number of nitrogens with zero attached hydrogens (tertiary/aromatic N) is 1. The van der Waals surface area contributed by atoms with Crippen LogP contribution in [0.5, 0.6) is 0 Å². The minimum atomic E-state index is -0.659. The second-order valence-electron chi connectivity index (χ2n) is 3.19. The molecule has 1 aromatic rings. The molecule has 0 aliphatic heterocycles. The Morgan fingerprint density at radius 2 is 2.27 bits per heavy atom. The fourth-order valence-corrected chi connectivity index (χ4v) is 1.76. The van der Waals surface area contributed by atoms with E-state index in [0.717, 1.165) is 23.8 Å². The lowest BCUT2D eigenvalue weighted by molar-refractivity contribution is 0.574. The highest BCUT2D eigenvalue weighted by molar-refractivity contribution is 7.99. The Morgan fingerprint density at radius 1 is 1.53 bits per heavy atom. The largest absolute Gasteiger partial charge is 0.364 e. The molecule has 1 N–H and O–H groups in total. The van der Waals surface area contributed by atoms with Crippen molar-refractivity contribution in [3.05, 3.63) is 23.9 Å². The average molecular weight is 232 g/mol. The molecule has 0 saturated carbocycles. The number of hydrogen-bond donors (Lipinski definition) is 1. The summed E-state index contributed by atoms with van der Waals surface area (Å²) >= 11 is 1.76. The van der Waals surface area contributed by atoms with Crippen molar-refractivity contribution in [1.82, 2.24) is 4.98 Å². The molecule has 0 fully saturated rings. The minimum Gasteiger partial charge on any atom is -0.364 e. The van der Waals surface area contributed by atoms with Crippen molar-refractivity contribution in [1.29, 1.82) is 0 Å². The fraction of sp³-hybridized carbons (Fsp3) is 0.500. The maximum absolute atomic E-state index is 13.2. The maximum Gasteiger partial charge on any atom is 0.168 e. The standard InChI is InChI=1S/C10H14F2N2S/c1-3-15-6-7(2)14-10-9(12)4-8(11)5-13-10/h4-5,7H,3,6H2,1-2H3,(H,13,14). The lowest BCUT2D eigenvalue weighted by atomic mass is 10.3. The van der Waals surface area contributed by atoms with E-state index in [4.69, 9.17) is 0 Å². The summed E-state index contributed by atoms with van der Waals surface area (Å²) in [5.41, 5.74) is 0. The van der Waals surface area contributed by atoms with E-state index >= 15 is 0 Å². The van der Waals surface area contributed by atoms with Gasteiger partial charge in [0.15, 0.2) is 11.6 Å². The van der Waals surface area contributed by atoms with E-state index in [1.54, 1.807) is 11.8 Å². The SMILES string of the molecule is CCSCC(C)Nc1ncc(F)cc1F. The van der Waals surface area contributed by atoms with Gasteiger partial charge in [0.2, 0.25) is 0 Å². The fourth-order valence-electron chi connectivity index (χ4n) is 1.09. The highest BCUT2D eigenvalue weighted by atomic mass is 32.2. The molecule has 0 bridgehead atoms. The van der Waals surface area contributed by atoms with Crippen LogP contribution in [0.3, 0.4) is 0 Å². The van der Waals surface area contributed by atoms with Crippen LogP contribution in [0.15, 0.2) is 12.3 Å². The van der Waals surface area contributed by atoms with Gasteiger partial charge in [-0.15, -0.1) is 0 Å². The summed E-state index contributed by atoms with van der Waals surface area (Å²) in [4.78, 5) is 3.66. The summed E-state index contributed by atoms with van der Waals surface area (Å²) in [5, 5.41) is 2.90. The topological polar surface area (TPSA) is 24.9 Å². The van der Waals surface area contributed by atoms with Gasteiger partial charge in [-0.05, 0) is 12.7 Å². The Balaban J connectivity index is 2.56. The third-order valence-corrected chi connectivity index (χ3v) is 2.91. The molecule has 0 spiro atoms. The second kappa shape index (κ2) is 5.90. The van der Waals surface area contributed by atoms with Crippen LogP contribution in [0.1, 0.15) is 13.8 Å². The van der Waals surface area contributed by atoms with Gasteiger partial charge in [-0.3, -0.25) is 0 Å². The van der Waals surface area contributed by atoms with Crippen molar-refractivity contribution in [2.24, 2.45) is 0 Å². The van der Waals surface area contributed by atoms with Crippen molar-refractivity contribution >= 4 is 17.6 Å². The molecule has 0 aliphatic rings. The first kappa shape index (κ1) is 12.2. The van der Waals surface area contributed by atoms with Crippen molar-refractivity contribution in [3.63, 3.8) is 0 Å². The molecule has 1 unspecified atom stereocenters. The molecular formula is C10H14F2N2S. The van der Waals surface area contributed by atoms with E-state index in [0.29, 0.717) is 0 Å². The van der Waals surface area contributed by atoms with Crippen LogP contribution in [-0.2, 0) is 0 Å². The van der Waals surface area contributed by atoms with E-state index in [-0.39, 0.29) is 11.9 Å². The summed E-state index contributed by atoms with van der Waals surface area (Å²) < 4.78 is 25.7. The third kappa shape index (κ3) is 4.03. The number of thioether (sulfide) groups is 1. The Morgan fingerprint density at radius 3 is 2.87 bits per heavy atom. The summed E-state index contributed by atoms with van der Waals surface area (Å²) in [6, 6.07) is 0.942. The smallest absolute Gasteiger partial charge is 0.168 e. The highest BCUT2D eigenvalue weighted by Gasteiger charge is 2.08. The van der Waals surface area contributed by atoms with E-state index in [1.807, 2.05) is 6.92 Å². The Labute approximate surface area is 92.5 Å². The van der Waals surface area contributed by atoms with Gasteiger partial charge in [0, 0.05) is 17.9 Å². The van der Waals surface area contributed by atoms with E-state index in [2.05, 4.69) is 17.2 Å². The third-order valence-electron chi connectivity index (χ3n) is 1.76. The summed E-state index contributed by atoms with van der Waals surface area (Å²) in [6.45, 7) is 4.00. The maximum atomic E-state index is 13.2. The zero-order valence-corrected chi connectivity index (χ0v) is 9.57. The number of anilines is 1. The molecule has 0 saturated heterocycles. The van der Waals surface area contributed by atoms with Gasteiger partial charge in [-0.25, -0.2) is 13.8 Å². The van der Waals surface area contributed by atoms with Gasteiger partial charge in [-0.2, -0.15) is 11.8 Å². The van der Waals surface area contributed by atoms with Gasteiger partial charge < -0.3 is 5.32 Å². The van der Waals surface area contributed by atoms with Crippen LogP contribution < -0.4 is 5.32 Å². The molecule has 5 heteroatoms. The number of hydrogen-bond acceptors (Lipinski definition) is 3. The van der Waals surface area contributed by atoms with Crippen molar-refractivity contribution in [3.8, 4) is 0 Å². The number of nitrogens with one attached hydrogen (secondary N) is 1. The first-order valence-electron chi connectivity index (χ1n) is 4.78. The van der Waals surface area contributed by atoms with E-state index in [9.17, 15) is 8.78 Å². The Hall–Kier alpha value is -0.840. The number of aromatic nitrogens is 1. The van der Waals surface area contributed by atoms with Gasteiger partial charge in [0.1, 0.15) is 5.82 Å². The molecule has 1 heterocycles. The van der Waals surface area contributed by atoms with Crippen LogP contribution in [0.2, 0.25) is 0 Å². The van der Waals surface area contributed by atoms with Crippen LogP contribution in [-0.4, -0.2) is 22.5 Å². The van der Waals surface area contributed by atoms with E-state index in [1.165, 1.54) is 0 Å². The van der Waals surface area contributed by atoms with Gasteiger partial charge in [0.05, 0.1) is 6.20 Å². The molecule has 84 valence electrons. The summed E-state index contributed by atoms with van der Waals surface area (Å²) in [5.74, 6) is 0.693. The minimum absolute atomic E-state index is 0.112. The molecule has 2 nitrogen and oxygen atoms in total. The molecule has 0 aliphatic carbocycles. The van der Waals surface area contributed by atoms with Gasteiger partial charge in [-0.1, -0.05) is 6.92 Å². The molecule has 0 radical (unpaired) electrons.